The Kier molecular flexibility index (Phi) is 7.02. The average Bonchev–Trinajstić information content (AvgIpc) is 3.29. The standard InChI is InChI=1S/C24H27ClN4O2/c1-19(17-27-12-14-31-15-13-27)28(18-20-6-3-2-4-7-20)24(30)23-10-11-29(26-23)22-9-5-8-21(25)16-22/h2-11,16,19H,12-15,17-18H2,1H3. The SMILES string of the molecule is CC(CN1CCOCC1)N(Cc1ccccc1)C(=O)c1ccn(-c2cccc(Cl)c2)n1. The first-order valence-corrected chi connectivity index (χ1v) is 10.9. The van der Waals surface area contributed by atoms with Gasteiger partial charge in [-0.2, -0.15) is 5.10 Å². The Morgan fingerprint density at radius 2 is 1.90 bits per heavy atom. The molecule has 1 saturated heterocycles. The lowest BCUT2D eigenvalue weighted by molar-refractivity contribution is 0.0227. The minimum atomic E-state index is -0.0783. The molecule has 2 heterocycles. The number of nitrogens with zero attached hydrogens (tertiary/aromatic N) is 4. The normalized spacial score (nSPS) is 15.5. The molecule has 0 aliphatic carbocycles. The molecule has 0 N–H and O–H groups in total. The molecule has 0 bridgehead atoms. The second-order valence-corrected chi connectivity index (χ2v) is 8.24. The maximum absolute atomic E-state index is 13.5. The van der Waals surface area contributed by atoms with Gasteiger partial charge >= 0.3 is 0 Å². The number of ether oxygens (including phenoxy) is 1. The van der Waals surface area contributed by atoms with E-state index in [0.29, 0.717) is 17.3 Å². The number of aromatic nitrogens is 2. The highest BCUT2D eigenvalue weighted by atomic mass is 35.5. The molecule has 1 fully saturated rings. The van der Waals surface area contributed by atoms with E-state index >= 15 is 0 Å². The number of benzene rings is 2. The van der Waals surface area contributed by atoms with Crippen molar-refractivity contribution in [1.29, 1.82) is 0 Å². The Bertz CT molecular complexity index is 1000. The fourth-order valence-corrected chi connectivity index (χ4v) is 4.00. The monoisotopic (exact) mass is 438 g/mol. The van der Waals surface area contributed by atoms with E-state index in [2.05, 4.69) is 16.9 Å². The number of carbonyl (C=O) groups excluding carboxylic acids is 1. The summed E-state index contributed by atoms with van der Waals surface area (Å²) < 4.78 is 7.15. The smallest absolute Gasteiger partial charge is 0.274 e. The van der Waals surface area contributed by atoms with Gasteiger partial charge in [0.2, 0.25) is 0 Å². The summed E-state index contributed by atoms with van der Waals surface area (Å²) in [6.07, 6.45) is 1.80. The third kappa shape index (κ3) is 5.53. The molecule has 2 aromatic carbocycles. The minimum Gasteiger partial charge on any atom is -0.379 e. The Morgan fingerprint density at radius 3 is 2.65 bits per heavy atom. The summed E-state index contributed by atoms with van der Waals surface area (Å²) in [6.45, 7) is 6.70. The van der Waals surface area contributed by atoms with Crippen LogP contribution in [0, 0.1) is 0 Å². The maximum Gasteiger partial charge on any atom is 0.274 e. The number of morpholine rings is 1. The average molecular weight is 439 g/mol. The third-order valence-corrected chi connectivity index (χ3v) is 5.73. The summed E-state index contributed by atoms with van der Waals surface area (Å²) in [7, 11) is 0. The molecular formula is C24H27ClN4O2. The van der Waals surface area contributed by atoms with E-state index in [9.17, 15) is 4.79 Å². The molecule has 0 saturated carbocycles. The van der Waals surface area contributed by atoms with Crippen molar-refractivity contribution in [2.24, 2.45) is 0 Å². The van der Waals surface area contributed by atoms with Crippen molar-refractivity contribution in [2.45, 2.75) is 19.5 Å². The number of carbonyl (C=O) groups is 1. The lowest BCUT2D eigenvalue weighted by Crippen LogP contribution is -2.48. The fourth-order valence-electron chi connectivity index (χ4n) is 3.81. The van der Waals surface area contributed by atoms with E-state index in [1.54, 1.807) is 16.9 Å². The quantitative estimate of drug-likeness (QED) is 0.561. The van der Waals surface area contributed by atoms with Crippen molar-refractivity contribution in [3.63, 3.8) is 0 Å². The first-order valence-electron chi connectivity index (χ1n) is 10.6. The second-order valence-electron chi connectivity index (χ2n) is 7.81. The molecule has 6 nitrogen and oxygen atoms in total. The van der Waals surface area contributed by atoms with Crippen LogP contribution in [0.25, 0.3) is 5.69 Å². The van der Waals surface area contributed by atoms with Crippen LogP contribution >= 0.6 is 11.6 Å². The zero-order valence-corrected chi connectivity index (χ0v) is 18.4. The van der Waals surface area contributed by atoms with Crippen LogP contribution in [0.2, 0.25) is 5.02 Å². The van der Waals surface area contributed by atoms with E-state index in [4.69, 9.17) is 16.3 Å². The molecule has 1 atom stereocenters. The lowest BCUT2D eigenvalue weighted by Gasteiger charge is -2.35. The van der Waals surface area contributed by atoms with Gasteiger partial charge in [-0.25, -0.2) is 4.68 Å². The number of hydrogen-bond acceptors (Lipinski definition) is 4. The van der Waals surface area contributed by atoms with Gasteiger partial charge in [-0.15, -0.1) is 0 Å². The van der Waals surface area contributed by atoms with E-state index in [1.807, 2.05) is 59.5 Å². The molecule has 1 amide bonds. The topological polar surface area (TPSA) is 50.6 Å². The predicted molar refractivity (Wildman–Crippen MR) is 122 cm³/mol. The summed E-state index contributed by atoms with van der Waals surface area (Å²) in [6, 6.07) is 19.3. The van der Waals surface area contributed by atoms with Crippen LogP contribution < -0.4 is 0 Å². The largest absolute Gasteiger partial charge is 0.379 e. The van der Waals surface area contributed by atoms with Crippen LogP contribution in [-0.4, -0.2) is 64.4 Å². The zero-order chi connectivity index (χ0) is 21.6. The number of rotatable bonds is 7. The molecule has 1 aliphatic heterocycles. The Balaban J connectivity index is 1.55. The van der Waals surface area contributed by atoms with Gasteiger partial charge in [0, 0.05) is 43.4 Å². The molecule has 4 rings (SSSR count). The molecular weight excluding hydrogens is 412 g/mol. The first kappa shape index (κ1) is 21.6. The molecule has 1 aliphatic rings. The highest BCUT2D eigenvalue weighted by Crippen LogP contribution is 2.17. The van der Waals surface area contributed by atoms with Gasteiger partial charge < -0.3 is 9.64 Å². The summed E-state index contributed by atoms with van der Waals surface area (Å²) in [4.78, 5) is 17.8. The van der Waals surface area contributed by atoms with Gasteiger partial charge in [0.05, 0.1) is 18.9 Å². The van der Waals surface area contributed by atoms with E-state index < -0.39 is 0 Å². The Hall–Kier alpha value is -2.67. The lowest BCUT2D eigenvalue weighted by atomic mass is 10.1. The summed E-state index contributed by atoms with van der Waals surface area (Å²) in [5.74, 6) is -0.0783. The Labute approximate surface area is 188 Å². The van der Waals surface area contributed by atoms with Crippen molar-refractivity contribution in [1.82, 2.24) is 19.6 Å². The van der Waals surface area contributed by atoms with Gasteiger partial charge in [-0.3, -0.25) is 9.69 Å². The molecule has 0 spiro atoms. The van der Waals surface area contributed by atoms with Gasteiger partial charge in [0.25, 0.3) is 5.91 Å². The minimum absolute atomic E-state index is 0.0297. The summed E-state index contributed by atoms with van der Waals surface area (Å²) in [5.41, 5.74) is 2.34. The van der Waals surface area contributed by atoms with Crippen LogP contribution in [0.1, 0.15) is 23.0 Å². The molecule has 1 unspecified atom stereocenters. The second kappa shape index (κ2) is 10.1. The van der Waals surface area contributed by atoms with Crippen LogP contribution in [0.15, 0.2) is 66.9 Å². The van der Waals surface area contributed by atoms with Crippen molar-refractivity contribution in [2.75, 3.05) is 32.8 Å². The van der Waals surface area contributed by atoms with E-state index in [1.165, 1.54) is 0 Å². The van der Waals surface area contributed by atoms with Gasteiger partial charge in [0.15, 0.2) is 5.69 Å². The molecule has 162 valence electrons. The number of hydrogen-bond donors (Lipinski definition) is 0. The first-order chi connectivity index (χ1) is 15.1. The molecule has 0 radical (unpaired) electrons. The Morgan fingerprint density at radius 1 is 1.13 bits per heavy atom. The number of halogens is 1. The molecule has 1 aromatic heterocycles. The van der Waals surface area contributed by atoms with Crippen LogP contribution in [0.4, 0.5) is 0 Å². The zero-order valence-electron chi connectivity index (χ0n) is 17.7. The maximum atomic E-state index is 13.5. The van der Waals surface area contributed by atoms with Crippen LogP contribution in [-0.2, 0) is 11.3 Å². The highest BCUT2D eigenvalue weighted by molar-refractivity contribution is 6.30. The summed E-state index contributed by atoms with van der Waals surface area (Å²) >= 11 is 6.11. The van der Waals surface area contributed by atoms with Crippen LogP contribution in [0.3, 0.4) is 0 Å². The van der Waals surface area contributed by atoms with Crippen molar-refractivity contribution >= 4 is 17.5 Å². The van der Waals surface area contributed by atoms with Gasteiger partial charge in [0.1, 0.15) is 0 Å². The predicted octanol–water partition coefficient (Wildman–Crippen LogP) is 3.89. The molecule has 31 heavy (non-hydrogen) atoms. The van der Waals surface area contributed by atoms with Crippen LogP contribution in [0.5, 0.6) is 0 Å². The van der Waals surface area contributed by atoms with Crippen molar-refractivity contribution < 1.29 is 9.53 Å². The fraction of sp³-hybridized carbons (Fsp3) is 0.333. The van der Waals surface area contributed by atoms with Gasteiger partial charge in [-0.05, 0) is 36.8 Å². The van der Waals surface area contributed by atoms with Crippen molar-refractivity contribution in [3.8, 4) is 5.69 Å². The van der Waals surface area contributed by atoms with Crippen molar-refractivity contribution in [3.05, 3.63) is 83.1 Å². The van der Waals surface area contributed by atoms with E-state index in [0.717, 1.165) is 44.1 Å². The van der Waals surface area contributed by atoms with Gasteiger partial charge in [-0.1, -0.05) is 48.0 Å². The van der Waals surface area contributed by atoms with E-state index in [-0.39, 0.29) is 11.9 Å². The molecule has 3 aromatic rings. The highest BCUT2D eigenvalue weighted by Gasteiger charge is 2.26. The third-order valence-electron chi connectivity index (χ3n) is 5.50. The summed E-state index contributed by atoms with van der Waals surface area (Å²) in [5, 5.41) is 5.18. The molecule has 7 heteroatoms. The number of amides is 1.